The van der Waals surface area contributed by atoms with Crippen LogP contribution in [0, 0.1) is 0 Å². The summed E-state index contributed by atoms with van der Waals surface area (Å²) in [6.45, 7) is -1.07. The topological polar surface area (TPSA) is 188 Å². The number of aliphatic hydroxyl groups excluding tert-OH is 6. The monoisotopic (exact) mass is 538 g/mol. The van der Waals surface area contributed by atoms with E-state index >= 15 is 0 Å². The number of ether oxygens (including phenoxy) is 5. The van der Waals surface area contributed by atoms with E-state index in [-0.39, 0.29) is 23.9 Å². The molecule has 1 aliphatic rings. The lowest BCUT2D eigenvalue weighted by atomic mass is 9.99. The first-order chi connectivity index (χ1) is 18.2. The van der Waals surface area contributed by atoms with Crippen LogP contribution in [0.25, 0.3) is 6.08 Å². The van der Waals surface area contributed by atoms with Gasteiger partial charge in [-0.05, 0) is 35.4 Å². The highest BCUT2D eigenvalue weighted by molar-refractivity contribution is 5.56. The Bertz CT molecular complexity index is 1060. The summed E-state index contributed by atoms with van der Waals surface area (Å²) in [6.07, 6.45) is -5.75. The zero-order valence-electron chi connectivity index (χ0n) is 21.0. The van der Waals surface area contributed by atoms with E-state index in [1.807, 2.05) is 0 Å². The molecular formula is C26H34O12. The van der Waals surface area contributed by atoms with Gasteiger partial charge in [-0.15, -0.1) is 0 Å². The number of phenols is 1. The Morgan fingerprint density at radius 1 is 0.921 bits per heavy atom. The molecule has 1 aliphatic heterocycles. The summed E-state index contributed by atoms with van der Waals surface area (Å²) >= 11 is 0. The van der Waals surface area contributed by atoms with Crippen LogP contribution in [0.4, 0.5) is 0 Å². The van der Waals surface area contributed by atoms with Crippen molar-refractivity contribution in [3.8, 4) is 23.0 Å². The fourth-order valence-corrected chi connectivity index (χ4v) is 3.88. The molecule has 1 fully saturated rings. The molecule has 12 nitrogen and oxygen atoms in total. The molecule has 3 rings (SSSR count). The van der Waals surface area contributed by atoms with Crippen molar-refractivity contribution in [3.05, 3.63) is 53.6 Å². The molecule has 0 bridgehead atoms. The lowest BCUT2D eigenvalue weighted by Gasteiger charge is -2.39. The molecule has 0 unspecified atom stereocenters. The Kier molecular flexibility index (Phi) is 10.7. The minimum absolute atomic E-state index is 0.0157. The summed E-state index contributed by atoms with van der Waals surface area (Å²) in [5.74, 6) is 0.679. The summed E-state index contributed by atoms with van der Waals surface area (Å²) in [6, 6.07) is 9.27. The summed E-state index contributed by atoms with van der Waals surface area (Å²) in [4.78, 5) is 0. The lowest BCUT2D eigenvalue weighted by molar-refractivity contribution is -0.298. The van der Waals surface area contributed by atoms with Gasteiger partial charge < -0.3 is 59.4 Å². The largest absolute Gasteiger partial charge is 0.504 e. The van der Waals surface area contributed by atoms with E-state index in [4.69, 9.17) is 23.7 Å². The van der Waals surface area contributed by atoms with Gasteiger partial charge in [0.2, 0.25) is 0 Å². The zero-order chi connectivity index (χ0) is 27.8. The molecule has 2 aromatic rings. The van der Waals surface area contributed by atoms with Gasteiger partial charge in [0.15, 0.2) is 35.4 Å². The number of phenolic OH excluding ortho intramolecular Hbond substituents is 1. The van der Waals surface area contributed by atoms with Crippen molar-refractivity contribution in [2.45, 2.75) is 42.9 Å². The zero-order valence-corrected chi connectivity index (χ0v) is 21.0. The Balaban J connectivity index is 1.63. The number of aliphatic hydroxyl groups is 6. The first-order valence-corrected chi connectivity index (χ1v) is 11.8. The average molecular weight is 539 g/mol. The molecule has 12 heteroatoms. The predicted octanol–water partition coefficient (Wildman–Crippen LogP) is -0.288. The number of methoxy groups -OCH3 is 2. The molecule has 0 amide bonds. The van der Waals surface area contributed by atoms with Crippen LogP contribution in [0.15, 0.2) is 42.5 Å². The highest BCUT2D eigenvalue weighted by Crippen LogP contribution is 2.34. The van der Waals surface area contributed by atoms with E-state index in [1.165, 1.54) is 32.4 Å². The third-order valence-corrected chi connectivity index (χ3v) is 6.06. The van der Waals surface area contributed by atoms with Crippen molar-refractivity contribution in [2.24, 2.45) is 0 Å². The Labute approximate surface area is 219 Å². The maximum atomic E-state index is 10.7. The number of benzene rings is 2. The SMILES string of the molecule is COc1cc([C@@H](O)[C@H](CO)Oc2ccc(C=CCO[C@@H]3O[C@H](CO)[C@@H](O)[C@H](O)[C@H]3O)cc2OC)ccc1O. The predicted molar refractivity (Wildman–Crippen MR) is 133 cm³/mol. The highest BCUT2D eigenvalue weighted by atomic mass is 16.7. The molecule has 0 radical (unpaired) electrons. The van der Waals surface area contributed by atoms with Crippen LogP contribution < -0.4 is 14.2 Å². The first kappa shape index (κ1) is 29.6. The second-order valence-electron chi connectivity index (χ2n) is 8.56. The number of hydrogen-bond acceptors (Lipinski definition) is 12. The quantitative estimate of drug-likeness (QED) is 0.187. The van der Waals surface area contributed by atoms with Crippen LogP contribution in [-0.4, -0.2) is 107 Å². The summed E-state index contributed by atoms with van der Waals surface area (Å²) in [7, 11) is 2.82. The van der Waals surface area contributed by atoms with Crippen LogP contribution >= 0.6 is 0 Å². The van der Waals surface area contributed by atoms with E-state index in [1.54, 1.807) is 30.4 Å². The van der Waals surface area contributed by atoms with Crippen LogP contribution in [0.5, 0.6) is 23.0 Å². The molecule has 38 heavy (non-hydrogen) atoms. The van der Waals surface area contributed by atoms with Crippen LogP contribution in [0.3, 0.4) is 0 Å². The lowest BCUT2D eigenvalue weighted by Crippen LogP contribution is -2.59. The number of aromatic hydroxyl groups is 1. The van der Waals surface area contributed by atoms with Gasteiger partial charge in [-0.3, -0.25) is 0 Å². The van der Waals surface area contributed by atoms with Gasteiger partial charge in [-0.2, -0.15) is 0 Å². The maximum absolute atomic E-state index is 10.7. The van der Waals surface area contributed by atoms with Gasteiger partial charge >= 0.3 is 0 Å². The molecule has 7 N–H and O–H groups in total. The van der Waals surface area contributed by atoms with E-state index in [2.05, 4.69) is 0 Å². The Morgan fingerprint density at radius 2 is 1.66 bits per heavy atom. The van der Waals surface area contributed by atoms with Crippen LogP contribution in [-0.2, 0) is 9.47 Å². The minimum Gasteiger partial charge on any atom is -0.504 e. The summed E-state index contributed by atoms with van der Waals surface area (Å²) in [5, 5.41) is 69.3. The van der Waals surface area contributed by atoms with Gasteiger partial charge in [0.25, 0.3) is 0 Å². The fourth-order valence-electron chi connectivity index (χ4n) is 3.88. The Morgan fingerprint density at radius 3 is 2.32 bits per heavy atom. The van der Waals surface area contributed by atoms with Crippen molar-refractivity contribution >= 4 is 6.08 Å². The van der Waals surface area contributed by atoms with Gasteiger partial charge in [-0.25, -0.2) is 0 Å². The molecule has 210 valence electrons. The normalized spacial score (nSPS) is 25.2. The molecule has 0 spiro atoms. The third kappa shape index (κ3) is 6.92. The summed E-state index contributed by atoms with van der Waals surface area (Å²) in [5.41, 5.74) is 1.06. The number of rotatable bonds is 12. The van der Waals surface area contributed by atoms with E-state index in [0.29, 0.717) is 16.9 Å². The van der Waals surface area contributed by atoms with Crippen molar-refractivity contribution in [3.63, 3.8) is 0 Å². The molecule has 7 atom stereocenters. The smallest absolute Gasteiger partial charge is 0.187 e. The average Bonchev–Trinajstić information content (AvgIpc) is 2.94. The maximum Gasteiger partial charge on any atom is 0.187 e. The van der Waals surface area contributed by atoms with Crippen molar-refractivity contribution in [2.75, 3.05) is 34.0 Å². The first-order valence-electron chi connectivity index (χ1n) is 11.8. The van der Waals surface area contributed by atoms with E-state index < -0.39 is 56.1 Å². The molecule has 0 saturated carbocycles. The van der Waals surface area contributed by atoms with Crippen LogP contribution in [0.1, 0.15) is 17.2 Å². The molecule has 2 aromatic carbocycles. The molecule has 0 aliphatic carbocycles. The standard InChI is InChI=1S/C26H34O12/c1-34-18-11-15(6-7-16(18)29)22(30)20(12-27)37-17-8-5-14(10-19(17)35-2)4-3-9-36-26-25(33)24(32)23(31)21(13-28)38-26/h3-8,10-11,20-33H,9,12-13H2,1-2H3/t20-,21+,22+,23+,24-,25+,26+/m0/s1. The highest BCUT2D eigenvalue weighted by Gasteiger charge is 2.43. The van der Waals surface area contributed by atoms with Crippen molar-refractivity contribution in [1.82, 2.24) is 0 Å². The summed E-state index contributed by atoms with van der Waals surface area (Å²) < 4.78 is 27.0. The number of hydrogen-bond donors (Lipinski definition) is 7. The van der Waals surface area contributed by atoms with Gasteiger partial charge in [0.05, 0.1) is 34.0 Å². The third-order valence-electron chi connectivity index (χ3n) is 6.06. The second kappa shape index (κ2) is 13.7. The molecular weight excluding hydrogens is 504 g/mol. The van der Waals surface area contributed by atoms with Crippen molar-refractivity contribution in [1.29, 1.82) is 0 Å². The second-order valence-corrected chi connectivity index (χ2v) is 8.56. The van der Waals surface area contributed by atoms with Crippen molar-refractivity contribution < 1.29 is 59.4 Å². The molecule has 1 heterocycles. The Hall–Kier alpha value is -2.94. The van der Waals surface area contributed by atoms with E-state index in [0.717, 1.165) is 0 Å². The van der Waals surface area contributed by atoms with Gasteiger partial charge in [0.1, 0.15) is 30.5 Å². The molecule has 1 saturated heterocycles. The van der Waals surface area contributed by atoms with Crippen LogP contribution in [0.2, 0.25) is 0 Å². The minimum atomic E-state index is -1.52. The van der Waals surface area contributed by atoms with Gasteiger partial charge in [-0.1, -0.05) is 24.3 Å². The van der Waals surface area contributed by atoms with Gasteiger partial charge in [0, 0.05) is 0 Å². The van der Waals surface area contributed by atoms with E-state index in [9.17, 15) is 35.7 Å². The fraction of sp³-hybridized carbons (Fsp3) is 0.462. The molecule has 0 aromatic heterocycles.